The van der Waals surface area contributed by atoms with E-state index in [-0.39, 0.29) is 12.1 Å². The third kappa shape index (κ3) is 12.1. The zero-order valence-corrected chi connectivity index (χ0v) is 11.6. The highest BCUT2D eigenvalue weighted by molar-refractivity contribution is 7.46. The van der Waals surface area contributed by atoms with Crippen molar-refractivity contribution in [2.24, 2.45) is 5.73 Å². The minimum absolute atomic E-state index is 0.00965. The van der Waals surface area contributed by atoms with Gasteiger partial charge in [0.2, 0.25) is 0 Å². The fourth-order valence-electron chi connectivity index (χ4n) is 0.954. The summed E-state index contributed by atoms with van der Waals surface area (Å²) in [6, 6.07) is 0. The Labute approximate surface area is 98.0 Å². The summed E-state index contributed by atoms with van der Waals surface area (Å²) in [6.45, 7) is 8.15. The summed E-state index contributed by atoms with van der Waals surface area (Å²) in [4.78, 5) is 7.82. The second-order valence-electron chi connectivity index (χ2n) is 3.71. The first-order valence-corrected chi connectivity index (χ1v) is 7.17. The van der Waals surface area contributed by atoms with Gasteiger partial charge >= 0.3 is 7.91 Å². The predicted molar refractivity (Wildman–Crippen MR) is 65.0 cm³/mol. The zero-order chi connectivity index (χ0) is 13.2. The van der Waals surface area contributed by atoms with Gasteiger partial charge in [0, 0.05) is 5.54 Å². The summed E-state index contributed by atoms with van der Waals surface area (Å²) < 4.78 is 24.9. The SMILES string of the molecule is CCC(N)(CC)CC.CCCOP(=O)(O)F. The number of hydrogen-bond acceptors (Lipinski definition) is 3. The van der Waals surface area contributed by atoms with Gasteiger partial charge in [0.25, 0.3) is 0 Å². The van der Waals surface area contributed by atoms with Crippen LogP contribution in [0.2, 0.25) is 0 Å². The Balaban J connectivity index is 0. The van der Waals surface area contributed by atoms with Crippen LogP contribution in [0.1, 0.15) is 53.4 Å². The Hall–Kier alpha value is 0.0400. The Morgan fingerprint density at radius 3 is 1.69 bits per heavy atom. The number of nitrogens with two attached hydrogens (primary N) is 1. The standard InChI is InChI=1S/C7H17N.C3H8FO3P/c1-4-7(8,5-2)6-3;1-2-3-7-8(4,5)6/h4-6,8H2,1-3H3;2-3H2,1H3,(H,5,6). The lowest BCUT2D eigenvalue weighted by Gasteiger charge is -2.23. The molecule has 0 saturated carbocycles. The summed E-state index contributed by atoms with van der Waals surface area (Å²) in [5.41, 5.74) is 6.02. The molecule has 0 aromatic heterocycles. The molecular formula is C10H25FNO3P. The maximum Gasteiger partial charge on any atom is 0.510 e. The molecule has 6 heteroatoms. The number of halogens is 1. The second-order valence-corrected chi connectivity index (χ2v) is 4.87. The van der Waals surface area contributed by atoms with E-state index in [9.17, 15) is 8.76 Å². The first kappa shape index (κ1) is 18.4. The molecule has 1 unspecified atom stereocenters. The van der Waals surface area contributed by atoms with Crippen LogP contribution in [0.5, 0.6) is 0 Å². The van der Waals surface area contributed by atoms with Crippen LogP contribution < -0.4 is 5.73 Å². The van der Waals surface area contributed by atoms with Gasteiger partial charge in [-0.1, -0.05) is 27.7 Å². The molecule has 16 heavy (non-hydrogen) atoms. The highest BCUT2D eigenvalue weighted by atomic mass is 31.2. The maximum atomic E-state index is 11.5. The molecule has 0 aromatic carbocycles. The molecule has 0 heterocycles. The molecule has 0 bridgehead atoms. The third-order valence-electron chi connectivity index (χ3n) is 2.57. The van der Waals surface area contributed by atoms with Crippen LogP contribution in [0.25, 0.3) is 0 Å². The lowest BCUT2D eigenvalue weighted by molar-refractivity contribution is 0.227. The highest BCUT2D eigenvalue weighted by Gasteiger charge is 2.16. The van der Waals surface area contributed by atoms with E-state index in [0.717, 1.165) is 19.3 Å². The first-order valence-electron chi connectivity index (χ1n) is 5.70. The molecular weight excluding hydrogens is 232 g/mol. The van der Waals surface area contributed by atoms with Gasteiger partial charge in [-0.05, 0) is 25.7 Å². The Kier molecular flexibility index (Phi) is 10.5. The molecule has 0 aliphatic carbocycles. The zero-order valence-electron chi connectivity index (χ0n) is 10.7. The molecule has 0 aliphatic rings. The van der Waals surface area contributed by atoms with Crippen LogP contribution in [0.4, 0.5) is 4.20 Å². The maximum absolute atomic E-state index is 11.5. The van der Waals surface area contributed by atoms with Gasteiger partial charge < -0.3 is 5.73 Å². The molecule has 0 amide bonds. The minimum Gasteiger partial charge on any atom is -0.325 e. The lowest BCUT2D eigenvalue weighted by Crippen LogP contribution is -2.37. The van der Waals surface area contributed by atoms with E-state index in [1.165, 1.54) is 0 Å². The van der Waals surface area contributed by atoms with E-state index in [4.69, 9.17) is 10.6 Å². The highest BCUT2D eigenvalue weighted by Crippen LogP contribution is 2.43. The quantitative estimate of drug-likeness (QED) is 0.715. The van der Waals surface area contributed by atoms with E-state index < -0.39 is 7.91 Å². The van der Waals surface area contributed by atoms with Crippen LogP contribution in [0, 0.1) is 0 Å². The van der Waals surface area contributed by atoms with E-state index >= 15 is 0 Å². The Morgan fingerprint density at radius 1 is 1.25 bits per heavy atom. The molecule has 3 N–H and O–H groups in total. The van der Waals surface area contributed by atoms with Crippen LogP contribution in [-0.2, 0) is 9.09 Å². The van der Waals surface area contributed by atoms with E-state index in [1.54, 1.807) is 6.92 Å². The van der Waals surface area contributed by atoms with Crippen molar-refractivity contribution in [2.75, 3.05) is 6.61 Å². The van der Waals surface area contributed by atoms with Gasteiger partial charge in [-0.2, -0.15) is 0 Å². The number of hydrogen-bond donors (Lipinski definition) is 2. The van der Waals surface area contributed by atoms with E-state index in [2.05, 4.69) is 25.3 Å². The monoisotopic (exact) mass is 257 g/mol. The predicted octanol–water partition coefficient (Wildman–Crippen LogP) is 3.40. The summed E-state index contributed by atoms with van der Waals surface area (Å²) >= 11 is 0. The third-order valence-corrected chi connectivity index (χ3v) is 3.07. The summed E-state index contributed by atoms with van der Waals surface area (Å²) in [5, 5.41) is 0. The average molecular weight is 257 g/mol. The van der Waals surface area contributed by atoms with Crippen LogP contribution >= 0.6 is 7.91 Å². The van der Waals surface area contributed by atoms with Crippen molar-refractivity contribution >= 4 is 7.91 Å². The van der Waals surface area contributed by atoms with Crippen LogP contribution in [0.15, 0.2) is 0 Å². The molecule has 0 spiro atoms. The van der Waals surface area contributed by atoms with Crippen molar-refractivity contribution in [1.82, 2.24) is 0 Å². The lowest BCUT2D eigenvalue weighted by atomic mass is 9.92. The molecule has 0 saturated heterocycles. The van der Waals surface area contributed by atoms with Gasteiger partial charge in [0.1, 0.15) is 0 Å². The molecule has 0 rings (SSSR count). The summed E-state index contributed by atoms with van der Waals surface area (Å²) in [6.07, 6.45) is 3.83. The molecule has 0 fully saturated rings. The molecule has 1 atom stereocenters. The molecule has 0 aromatic rings. The van der Waals surface area contributed by atoms with Crippen LogP contribution in [0.3, 0.4) is 0 Å². The molecule has 100 valence electrons. The molecule has 0 aliphatic heterocycles. The molecule has 0 radical (unpaired) electrons. The normalized spacial score (nSPS) is 14.9. The fraction of sp³-hybridized carbons (Fsp3) is 1.00. The number of rotatable bonds is 6. The molecule has 4 nitrogen and oxygen atoms in total. The van der Waals surface area contributed by atoms with Gasteiger partial charge in [0.05, 0.1) is 6.61 Å². The fourth-order valence-corrected chi connectivity index (χ4v) is 1.36. The van der Waals surface area contributed by atoms with Crippen LogP contribution in [-0.4, -0.2) is 17.0 Å². The summed E-state index contributed by atoms with van der Waals surface area (Å²) in [7, 11) is -4.68. The van der Waals surface area contributed by atoms with Gasteiger partial charge in [-0.25, -0.2) is 4.57 Å². The Morgan fingerprint density at radius 2 is 1.62 bits per heavy atom. The average Bonchev–Trinajstić information content (AvgIpc) is 2.25. The van der Waals surface area contributed by atoms with Crippen molar-refractivity contribution in [2.45, 2.75) is 58.9 Å². The summed E-state index contributed by atoms with van der Waals surface area (Å²) in [5.74, 6) is 0. The smallest absolute Gasteiger partial charge is 0.325 e. The topological polar surface area (TPSA) is 72.5 Å². The largest absolute Gasteiger partial charge is 0.510 e. The van der Waals surface area contributed by atoms with Crippen molar-refractivity contribution in [3.05, 3.63) is 0 Å². The van der Waals surface area contributed by atoms with Crippen molar-refractivity contribution in [3.8, 4) is 0 Å². The van der Waals surface area contributed by atoms with Crippen molar-refractivity contribution in [1.29, 1.82) is 0 Å². The van der Waals surface area contributed by atoms with Gasteiger partial charge in [0.15, 0.2) is 0 Å². The van der Waals surface area contributed by atoms with Crippen molar-refractivity contribution in [3.63, 3.8) is 0 Å². The van der Waals surface area contributed by atoms with E-state index in [0.29, 0.717) is 6.42 Å². The first-order chi connectivity index (χ1) is 7.24. The van der Waals surface area contributed by atoms with E-state index in [1.807, 2.05) is 0 Å². The minimum atomic E-state index is -4.68. The van der Waals surface area contributed by atoms with Gasteiger partial charge in [-0.3, -0.25) is 9.42 Å². The van der Waals surface area contributed by atoms with Gasteiger partial charge in [-0.15, -0.1) is 4.20 Å². The Bertz CT molecular complexity index is 196. The van der Waals surface area contributed by atoms with Crippen molar-refractivity contribution < 1.29 is 18.2 Å². The second kappa shape index (κ2) is 9.11.